The van der Waals surface area contributed by atoms with Gasteiger partial charge in [0.05, 0.1) is 26.5 Å². The highest BCUT2D eigenvalue weighted by atomic mass is 16.6. The Hall–Kier alpha value is -3.09. The van der Waals surface area contributed by atoms with Crippen molar-refractivity contribution < 1.29 is 23.7 Å². The van der Waals surface area contributed by atoms with E-state index in [2.05, 4.69) is 17.0 Å². The predicted molar refractivity (Wildman–Crippen MR) is 131 cm³/mol. The van der Waals surface area contributed by atoms with E-state index in [0.29, 0.717) is 37.2 Å². The standard InChI is InChI=1S/C27H34N2O5/c1-27(2,3)34-26(30)28-11-9-21-20(16-28)19-13-18(15-24-25(19)29(21)10-6-12-33-24)17-7-8-22(31-4)23(14-17)32-5/h7-8,13-15,20-21H,6,9-12,16H2,1-5H3/t20-,21-/m0/s1. The average Bonchev–Trinajstić information content (AvgIpc) is 2.96. The molecule has 1 fully saturated rings. The van der Waals surface area contributed by atoms with Gasteiger partial charge in [0.1, 0.15) is 11.4 Å². The van der Waals surface area contributed by atoms with Crippen LogP contribution >= 0.6 is 0 Å². The first-order chi connectivity index (χ1) is 16.3. The molecule has 0 radical (unpaired) electrons. The van der Waals surface area contributed by atoms with Crippen LogP contribution in [0, 0.1) is 0 Å². The lowest BCUT2D eigenvalue weighted by atomic mass is 9.87. The third-order valence-electron chi connectivity index (χ3n) is 6.94. The zero-order valence-corrected chi connectivity index (χ0v) is 20.7. The maximum atomic E-state index is 12.9. The number of fused-ring (bicyclic) bond motifs is 3. The van der Waals surface area contributed by atoms with Crippen LogP contribution in [0.15, 0.2) is 30.3 Å². The molecular weight excluding hydrogens is 432 g/mol. The molecule has 2 aromatic rings. The predicted octanol–water partition coefficient (Wildman–Crippen LogP) is 5.07. The van der Waals surface area contributed by atoms with Crippen molar-refractivity contribution >= 4 is 11.8 Å². The SMILES string of the molecule is COc1ccc(-c2cc3c4c(c2)[C@@H]2CN(C(=O)OC(C)(C)C)CC[C@@H]2N4CCCO3)cc1OC. The molecule has 0 N–H and O–H groups in total. The van der Waals surface area contributed by atoms with Crippen LogP contribution < -0.4 is 19.1 Å². The fraction of sp³-hybridized carbons (Fsp3) is 0.519. The summed E-state index contributed by atoms with van der Waals surface area (Å²) in [7, 11) is 3.29. The lowest BCUT2D eigenvalue weighted by Crippen LogP contribution is -2.49. The van der Waals surface area contributed by atoms with Crippen molar-refractivity contribution in [2.24, 2.45) is 0 Å². The van der Waals surface area contributed by atoms with Gasteiger partial charge in [0.25, 0.3) is 0 Å². The first-order valence-corrected chi connectivity index (χ1v) is 12.1. The summed E-state index contributed by atoms with van der Waals surface area (Å²) in [4.78, 5) is 17.2. The van der Waals surface area contributed by atoms with Crippen molar-refractivity contribution in [2.75, 3.05) is 45.4 Å². The molecule has 0 aromatic heterocycles. The molecule has 0 saturated carbocycles. The Balaban J connectivity index is 1.54. The molecular formula is C27H34N2O5. The third-order valence-corrected chi connectivity index (χ3v) is 6.94. The molecule has 7 heteroatoms. The summed E-state index contributed by atoms with van der Waals surface area (Å²) in [5.74, 6) is 2.55. The summed E-state index contributed by atoms with van der Waals surface area (Å²) in [5.41, 5.74) is 4.06. The minimum Gasteiger partial charge on any atom is -0.493 e. The van der Waals surface area contributed by atoms with Gasteiger partial charge in [-0.1, -0.05) is 6.07 Å². The van der Waals surface area contributed by atoms with Gasteiger partial charge in [-0.3, -0.25) is 0 Å². The second kappa shape index (κ2) is 8.60. The molecule has 0 unspecified atom stereocenters. The fourth-order valence-electron chi connectivity index (χ4n) is 5.48. The van der Waals surface area contributed by atoms with E-state index in [0.717, 1.165) is 36.3 Å². The molecule has 5 rings (SSSR count). The average molecular weight is 467 g/mol. The summed E-state index contributed by atoms with van der Waals surface area (Å²) >= 11 is 0. The topological polar surface area (TPSA) is 60.5 Å². The number of nitrogens with zero attached hydrogens (tertiary/aromatic N) is 2. The molecule has 1 saturated heterocycles. The Labute approximate surface area is 201 Å². The minimum absolute atomic E-state index is 0.219. The zero-order chi connectivity index (χ0) is 24.0. The number of ether oxygens (including phenoxy) is 4. The summed E-state index contributed by atoms with van der Waals surface area (Å²) in [6.07, 6.45) is 1.67. The maximum absolute atomic E-state index is 12.9. The molecule has 0 bridgehead atoms. The lowest BCUT2D eigenvalue weighted by Gasteiger charge is -2.39. The smallest absolute Gasteiger partial charge is 0.410 e. The van der Waals surface area contributed by atoms with Gasteiger partial charge in [0, 0.05) is 31.6 Å². The first-order valence-electron chi connectivity index (χ1n) is 12.1. The number of carbonyl (C=O) groups excluding carboxylic acids is 1. The normalized spacial score (nSPS) is 21.2. The van der Waals surface area contributed by atoms with Gasteiger partial charge in [-0.05, 0) is 74.6 Å². The molecule has 1 amide bonds. The van der Waals surface area contributed by atoms with E-state index in [-0.39, 0.29) is 12.0 Å². The van der Waals surface area contributed by atoms with Crippen molar-refractivity contribution in [2.45, 2.75) is 51.2 Å². The Bertz CT molecular complexity index is 1090. The summed E-state index contributed by atoms with van der Waals surface area (Å²) < 4.78 is 22.9. The van der Waals surface area contributed by atoms with E-state index in [1.807, 2.05) is 43.9 Å². The number of anilines is 1. The number of carbonyl (C=O) groups is 1. The number of piperidine rings is 1. The van der Waals surface area contributed by atoms with Gasteiger partial charge in [-0.2, -0.15) is 0 Å². The number of benzene rings is 2. The molecule has 182 valence electrons. The molecule has 3 aliphatic rings. The van der Waals surface area contributed by atoms with Gasteiger partial charge in [-0.15, -0.1) is 0 Å². The number of rotatable bonds is 3. The van der Waals surface area contributed by atoms with Gasteiger partial charge in [0.2, 0.25) is 0 Å². The van der Waals surface area contributed by atoms with Crippen LogP contribution in [0.4, 0.5) is 10.5 Å². The monoisotopic (exact) mass is 466 g/mol. The van der Waals surface area contributed by atoms with E-state index in [9.17, 15) is 4.79 Å². The summed E-state index contributed by atoms with van der Waals surface area (Å²) in [6, 6.07) is 10.8. The van der Waals surface area contributed by atoms with Gasteiger partial charge in [-0.25, -0.2) is 4.79 Å². The number of methoxy groups -OCH3 is 2. The molecule has 0 aliphatic carbocycles. The largest absolute Gasteiger partial charge is 0.493 e. The Kier molecular flexibility index (Phi) is 5.74. The third kappa shape index (κ3) is 4.01. The zero-order valence-electron chi connectivity index (χ0n) is 20.7. The molecule has 34 heavy (non-hydrogen) atoms. The van der Waals surface area contributed by atoms with Crippen LogP contribution in [0.3, 0.4) is 0 Å². The highest BCUT2D eigenvalue weighted by molar-refractivity contribution is 5.80. The summed E-state index contributed by atoms with van der Waals surface area (Å²) in [5, 5.41) is 0. The minimum atomic E-state index is -0.504. The van der Waals surface area contributed by atoms with Crippen molar-refractivity contribution in [3.05, 3.63) is 35.9 Å². The molecule has 2 atom stereocenters. The molecule has 2 aromatic carbocycles. The number of hydrogen-bond donors (Lipinski definition) is 0. The van der Waals surface area contributed by atoms with Gasteiger partial charge in [0.15, 0.2) is 11.5 Å². The van der Waals surface area contributed by atoms with E-state index < -0.39 is 5.60 Å². The van der Waals surface area contributed by atoms with E-state index in [1.54, 1.807) is 14.2 Å². The van der Waals surface area contributed by atoms with E-state index in [1.165, 1.54) is 11.3 Å². The van der Waals surface area contributed by atoms with Crippen LogP contribution in [-0.2, 0) is 4.74 Å². The van der Waals surface area contributed by atoms with Gasteiger partial charge < -0.3 is 28.7 Å². The summed E-state index contributed by atoms with van der Waals surface area (Å²) in [6.45, 7) is 8.78. The lowest BCUT2D eigenvalue weighted by molar-refractivity contribution is 0.0189. The van der Waals surface area contributed by atoms with Crippen LogP contribution in [0.5, 0.6) is 17.2 Å². The van der Waals surface area contributed by atoms with E-state index in [4.69, 9.17) is 18.9 Å². The number of likely N-dealkylation sites (tertiary alicyclic amines) is 1. The first kappa shape index (κ1) is 22.7. The van der Waals surface area contributed by atoms with Crippen molar-refractivity contribution in [3.63, 3.8) is 0 Å². The molecule has 7 nitrogen and oxygen atoms in total. The van der Waals surface area contributed by atoms with Crippen LogP contribution in [0.2, 0.25) is 0 Å². The van der Waals surface area contributed by atoms with Crippen LogP contribution in [-0.4, -0.2) is 63.1 Å². The van der Waals surface area contributed by atoms with E-state index >= 15 is 0 Å². The number of hydrogen-bond acceptors (Lipinski definition) is 6. The Morgan fingerprint density at radius 3 is 2.56 bits per heavy atom. The highest BCUT2D eigenvalue weighted by Crippen LogP contribution is 2.52. The Morgan fingerprint density at radius 2 is 1.82 bits per heavy atom. The highest BCUT2D eigenvalue weighted by Gasteiger charge is 2.45. The maximum Gasteiger partial charge on any atom is 0.410 e. The molecule has 3 aliphatic heterocycles. The van der Waals surface area contributed by atoms with Crippen LogP contribution in [0.1, 0.15) is 45.1 Å². The van der Waals surface area contributed by atoms with Crippen LogP contribution in [0.25, 0.3) is 11.1 Å². The Morgan fingerprint density at radius 1 is 1.03 bits per heavy atom. The van der Waals surface area contributed by atoms with Crippen molar-refractivity contribution in [1.29, 1.82) is 0 Å². The van der Waals surface area contributed by atoms with Crippen molar-refractivity contribution in [3.8, 4) is 28.4 Å². The van der Waals surface area contributed by atoms with Crippen molar-refractivity contribution in [1.82, 2.24) is 4.90 Å². The second-order valence-corrected chi connectivity index (χ2v) is 10.3. The quantitative estimate of drug-likeness (QED) is 0.630. The van der Waals surface area contributed by atoms with Gasteiger partial charge >= 0.3 is 6.09 Å². The second-order valence-electron chi connectivity index (χ2n) is 10.3. The number of amides is 1. The molecule has 3 heterocycles. The fourth-order valence-corrected chi connectivity index (χ4v) is 5.48. The molecule has 0 spiro atoms.